The Morgan fingerprint density at radius 3 is 2.75 bits per heavy atom. The fraction of sp³-hybridized carbons (Fsp3) is 0.522. The van der Waals surface area contributed by atoms with Crippen molar-refractivity contribution in [3.05, 3.63) is 59.5 Å². The maximum absolute atomic E-state index is 12.4. The van der Waals surface area contributed by atoms with E-state index in [-0.39, 0.29) is 24.8 Å². The lowest BCUT2D eigenvalue weighted by Gasteiger charge is -2.27. The second-order valence-electron chi connectivity index (χ2n) is 7.39. The molecule has 5 nitrogen and oxygen atoms in total. The lowest BCUT2D eigenvalue weighted by atomic mass is 10.0. The van der Waals surface area contributed by atoms with Gasteiger partial charge in [-0.05, 0) is 24.8 Å². The molecule has 1 heterocycles. The Kier molecular flexibility index (Phi) is 9.08. The summed E-state index contributed by atoms with van der Waals surface area (Å²) in [5.41, 5.74) is 1.97. The van der Waals surface area contributed by atoms with Gasteiger partial charge >= 0.3 is 6.09 Å². The molecule has 0 bridgehead atoms. The zero-order valence-electron chi connectivity index (χ0n) is 17.5. The molecular weight excluding hydrogens is 354 g/mol. The number of nitrogens with zero attached hydrogens (tertiary/aromatic N) is 1. The van der Waals surface area contributed by atoms with E-state index in [0.717, 1.165) is 30.4 Å². The first-order chi connectivity index (χ1) is 13.5. The van der Waals surface area contributed by atoms with Crippen LogP contribution in [0.4, 0.5) is 4.79 Å². The van der Waals surface area contributed by atoms with Crippen LogP contribution in [0.5, 0.6) is 0 Å². The highest BCUT2D eigenvalue weighted by Gasteiger charge is 2.39. The van der Waals surface area contributed by atoms with Crippen molar-refractivity contribution in [2.45, 2.75) is 59.6 Å². The molecule has 2 rings (SSSR count). The molecule has 1 aliphatic heterocycles. The van der Waals surface area contributed by atoms with Gasteiger partial charge in [-0.15, -0.1) is 0 Å². The number of benzene rings is 1. The van der Waals surface area contributed by atoms with E-state index in [0.29, 0.717) is 19.1 Å². The van der Waals surface area contributed by atoms with Crippen molar-refractivity contribution >= 4 is 6.09 Å². The first kappa shape index (κ1) is 22.0. The molecule has 1 aromatic carbocycles. The van der Waals surface area contributed by atoms with E-state index in [9.17, 15) is 4.79 Å². The summed E-state index contributed by atoms with van der Waals surface area (Å²) in [4.78, 5) is 14.0. The van der Waals surface area contributed by atoms with Crippen molar-refractivity contribution < 1.29 is 19.0 Å². The Bertz CT molecular complexity index is 666. The second-order valence-corrected chi connectivity index (χ2v) is 7.39. The van der Waals surface area contributed by atoms with Gasteiger partial charge in [-0.2, -0.15) is 0 Å². The third kappa shape index (κ3) is 6.41. The molecule has 28 heavy (non-hydrogen) atoms. The number of amides is 1. The topological polar surface area (TPSA) is 48.0 Å². The lowest BCUT2D eigenvalue weighted by Crippen LogP contribution is -2.38. The van der Waals surface area contributed by atoms with Gasteiger partial charge in [0.25, 0.3) is 0 Å². The number of carbonyl (C=O) groups excluding carboxylic acids is 1. The molecule has 0 radical (unpaired) electrons. The molecule has 5 heteroatoms. The smallest absolute Gasteiger partial charge is 0.417 e. The summed E-state index contributed by atoms with van der Waals surface area (Å²) in [5, 5.41) is 0. The third-order valence-electron chi connectivity index (χ3n) is 4.71. The molecule has 1 aliphatic rings. The molecule has 1 saturated heterocycles. The minimum Gasteiger partial charge on any atom is -0.452 e. The largest absolute Gasteiger partial charge is 0.452 e. The van der Waals surface area contributed by atoms with Crippen molar-refractivity contribution in [3.63, 3.8) is 0 Å². The maximum atomic E-state index is 12.4. The fourth-order valence-electron chi connectivity index (χ4n) is 3.02. The number of ether oxygens (including phenoxy) is 3. The zero-order valence-corrected chi connectivity index (χ0v) is 17.5. The van der Waals surface area contributed by atoms with Crippen LogP contribution in [-0.2, 0) is 20.8 Å². The molecule has 0 N–H and O–H groups in total. The predicted octanol–water partition coefficient (Wildman–Crippen LogP) is 5.63. The minimum atomic E-state index is -0.363. The summed E-state index contributed by atoms with van der Waals surface area (Å²) >= 11 is 0. The van der Waals surface area contributed by atoms with E-state index in [1.165, 1.54) is 0 Å². The van der Waals surface area contributed by atoms with Crippen LogP contribution < -0.4 is 0 Å². The SMILES string of the molecule is CCCC/C=C/C(C)=C(/OCOCc1ccccc1)N1C(=O)OC[C@@H]1C(C)C. The normalized spacial score (nSPS) is 18.0. The first-order valence-electron chi connectivity index (χ1n) is 10.1. The average Bonchev–Trinajstić information content (AvgIpc) is 3.07. The molecule has 0 unspecified atom stereocenters. The summed E-state index contributed by atoms with van der Waals surface area (Å²) < 4.78 is 16.9. The van der Waals surface area contributed by atoms with Gasteiger partial charge in [-0.3, -0.25) is 0 Å². The van der Waals surface area contributed by atoms with Crippen LogP contribution in [-0.4, -0.2) is 30.4 Å². The van der Waals surface area contributed by atoms with Gasteiger partial charge in [0.05, 0.1) is 12.6 Å². The highest BCUT2D eigenvalue weighted by molar-refractivity contribution is 5.72. The molecular formula is C23H33NO4. The highest BCUT2D eigenvalue weighted by Crippen LogP contribution is 2.27. The van der Waals surface area contributed by atoms with E-state index in [1.807, 2.05) is 43.3 Å². The van der Waals surface area contributed by atoms with Crippen LogP contribution in [0, 0.1) is 5.92 Å². The summed E-state index contributed by atoms with van der Waals surface area (Å²) in [7, 11) is 0. The van der Waals surface area contributed by atoms with Gasteiger partial charge in [-0.25, -0.2) is 9.69 Å². The number of cyclic esters (lactones) is 1. The van der Waals surface area contributed by atoms with Crippen LogP contribution in [0.3, 0.4) is 0 Å². The average molecular weight is 388 g/mol. The number of hydrogen-bond acceptors (Lipinski definition) is 4. The number of rotatable bonds is 11. The molecule has 0 saturated carbocycles. The fourth-order valence-corrected chi connectivity index (χ4v) is 3.02. The molecule has 1 fully saturated rings. The van der Waals surface area contributed by atoms with E-state index < -0.39 is 0 Å². The third-order valence-corrected chi connectivity index (χ3v) is 4.71. The van der Waals surface area contributed by atoms with Gasteiger partial charge < -0.3 is 14.2 Å². The van der Waals surface area contributed by atoms with E-state index >= 15 is 0 Å². The Labute approximate surface area is 169 Å². The molecule has 1 aromatic rings. The Balaban J connectivity index is 2.09. The van der Waals surface area contributed by atoms with Crippen molar-refractivity contribution in [3.8, 4) is 0 Å². The number of allylic oxidation sites excluding steroid dienone is 3. The maximum Gasteiger partial charge on any atom is 0.417 e. The quantitative estimate of drug-likeness (QED) is 0.214. The molecule has 1 amide bonds. The number of hydrogen-bond donors (Lipinski definition) is 0. The summed E-state index contributed by atoms with van der Waals surface area (Å²) in [6.45, 7) is 9.18. The number of unbranched alkanes of at least 4 members (excludes halogenated alkanes) is 2. The standard InChI is InChI=1S/C23H33NO4/c1-5-6-7-9-12-19(4)22(24-21(18(2)3)16-27-23(24)25)28-17-26-15-20-13-10-8-11-14-20/h8-14,18,21H,5-7,15-17H2,1-4H3/b12-9+,22-19+/t21-/m1/s1. The summed E-state index contributed by atoms with van der Waals surface area (Å²) in [6.07, 6.45) is 7.07. The summed E-state index contributed by atoms with van der Waals surface area (Å²) in [6, 6.07) is 9.89. The van der Waals surface area contributed by atoms with Crippen molar-refractivity contribution in [2.75, 3.05) is 13.4 Å². The van der Waals surface area contributed by atoms with E-state index in [2.05, 4.69) is 26.8 Å². The monoisotopic (exact) mass is 387 g/mol. The zero-order chi connectivity index (χ0) is 20.4. The Hall–Kier alpha value is -2.27. The van der Waals surface area contributed by atoms with Crippen LogP contribution >= 0.6 is 0 Å². The van der Waals surface area contributed by atoms with Crippen molar-refractivity contribution in [1.29, 1.82) is 0 Å². The van der Waals surface area contributed by atoms with E-state index in [4.69, 9.17) is 14.2 Å². The van der Waals surface area contributed by atoms with Gasteiger partial charge in [-0.1, -0.05) is 76.1 Å². The molecule has 0 aromatic heterocycles. The first-order valence-corrected chi connectivity index (χ1v) is 10.1. The highest BCUT2D eigenvalue weighted by atomic mass is 16.7. The van der Waals surface area contributed by atoms with Crippen LogP contribution in [0.15, 0.2) is 53.9 Å². The van der Waals surface area contributed by atoms with Gasteiger partial charge in [0.1, 0.15) is 6.61 Å². The molecule has 0 aliphatic carbocycles. The molecule has 1 atom stereocenters. The van der Waals surface area contributed by atoms with Crippen molar-refractivity contribution in [1.82, 2.24) is 4.90 Å². The van der Waals surface area contributed by atoms with Gasteiger partial charge in [0, 0.05) is 5.57 Å². The lowest BCUT2D eigenvalue weighted by molar-refractivity contribution is -0.0537. The van der Waals surface area contributed by atoms with E-state index in [1.54, 1.807) is 4.90 Å². The van der Waals surface area contributed by atoms with Gasteiger partial charge in [0.15, 0.2) is 6.79 Å². The van der Waals surface area contributed by atoms with Crippen LogP contribution in [0.1, 0.15) is 52.5 Å². The van der Waals surface area contributed by atoms with Crippen molar-refractivity contribution in [2.24, 2.45) is 5.92 Å². The number of carbonyl (C=O) groups is 1. The molecule has 154 valence electrons. The second kappa shape index (κ2) is 11.5. The molecule has 0 spiro atoms. The summed E-state index contributed by atoms with van der Waals surface area (Å²) in [5.74, 6) is 0.772. The predicted molar refractivity (Wildman–Crippen MR) is 110 cm³/mol. The Morgan fingerprint density at radius 1 is 1.32 bits per heavy atom. The van der Waals surface area contributed by atoms with Crippen LogP contribution in [0.2, 0.25) is 0 Å². The minimum absolute atomic E-state index is 0.0457. The van der Waals surface area contributed by atoms with Gasteiger partial charge in [0.2, 0.25) is 5.88 Å². The Morgan fingerprint density at radius 2 is 2.07 bits per heavy atom. The van der Waals surface area contributed by atoms with Crippen LogP contribution in [0.25, 0.3) is 0 Å².